The van der Waals surface area contributed by atoms with Crippen LogP contribution in [0.15, 0.2) is 54.6 Å². The fourth-order valence-electron chi connectivity index (χ4n) is 1.70. The lowest BCUT2D eigenvalue weighted by Crippen LogP contribution is -2.17. The Morgan fingerprint density at radius 1 is 0.909 bits per heavy atom. The summed E-state index contributed by atoms with van der Waals surface area (Å²) in [7, 11) is 0. The molecular formula is C16H16N2O4. The number of hydrogen-bond donors (Lipinski definition) is 2. The minimum absolute atomic E-state index is 0.285. The van der Waals surface area contributed by atoms with Crippen molar-refractivity contribution >= 4 is 23.6 Å². The number of ether oxygens (including phenoxy) is 2. The number of nitrogens with one attached hydrogen (secondary N) is 2. The molecule has 2 amide bonds. The second kappa shape index (κ2) is 7.68. The van der Waals surface area contributed by atoms with Crippen LogP contribution in [0.3, 0.4) is 0 Å². The van der Waals surface area contributed by atoms with Crippen molar-refractivity contribution in [1.29, 1.82) is 0 Å². The largest absolute Gasteiger partial charge is 0.450 e. The molecule has 2 aromatic carbocycles. The minimum atomic E-state index is -0.612. The van der Waals surface area contributed by atoms with Crippen LogP contribution >= 0.6 is 0 Å². The van der Waals surface area contributed by atoms with E-state index in [1.165, 1.54) is 0 Å². The summed E-state index contributed by atoms with van der Waals surface area (Å²) in [5.74, 6) is 0.445. The number of carbonyl (C=O) groups excluding carboxylic acids is 2. The average Bonchev–Trinajstić information content (AvgIpc) is 2.48. The van der Waals surface area contributed by atoms with Gasteiger partial charge >= 0.3 is 12.2 Å². The highest BCUT2D eigenvalue weighted by molar-refractivity contribution is 5.89. The van der Waals surface area contributed by atoms with E-state index < -0.39 is 12.2 Å². The Balaban J connectivity index is 1.95. The molecule has 0 aliphatic carbocycles. The molecule has 2 rings (SSSR count). The molecule has 0 saturated carbocycles. The molecule has 2 N–H and O–H groups in total. The van der Waals surface area contributed by atoms with E-state index in [-0.39, 0.29) is 6.61 Å². The highest BCUT2D eigenvalue weighted by atomic mass is 16.6. The number of hydrogen-bond acceptors (Lipinski definition) is 4. The topological polar surface area (TPSA) is 76.7 Å². The standard InChI is InChI=1S/C16H16N2O4/c1-2-21-15(19)17-12-7-6-8-13(11-12)18-16(20)22-14-9-4-3-5-10-14/h3-11H,2H2,1H3,(H,17,19)(H,18,20). The zero-order chi connectivity index (χ0) is 15.8. The lowest BCUT2D eigenvalue weighted by molar-refractivity contribution is 0.168. The number of para-hydroxylation sites is 1. The van der Waals surface area contributed by atoms with E-state index >= 15 is 0 Å². The van der Waals surface area contributed by atoms with Crippen LogP contribution in [0.5, 0.6) is 5.75 Å². The first-order valence-corrected chi connectivity index (χ1v) is 6.75. The summed E-state index contributed by atoms with van der Waals surface area (Å²) in [6.07, 6.45) is -1.16. The molecule has 0 saturated heterocycles. The Bertz CT molecular complexity index is 644. The summed E-state index contributed by atoms with van der Waals surface area (Å²) in [6, 6.07) is 15.4. The maximum Gasteiger partial charge on any atom is 0.417 e. The first-order valence-electron chi connectivity index (χ1n) is 6.75. The van der Waals surface area contributed by atoms with Crippen LogP contribution in [0.2, 0.25) is 0 Å². The molecule has 0 unspecified atom stereocenters. The molecule has 0 aliphatic rings. The second-order valence-electron chi connectivity index (χ2n) is 4.25. The summed E-state index contributed by atoms with van der Waals surface area (Å²) in [5, 5.41) is 5.14. The highest BCUT2D eigenvalue weighted by Crippen LogP contribution is 2.16. The van der Waals surface area contributed by atoms with Gasteiger partial charge in [0.25, 0.3) is 0 Å². The average molecular weight is 300 g/mol. The smallest absolute Gasteiger partial charge is 0.417 e. The van der Waals surface area contributed by atoms with E-state index in [1.54, 1.807) is 55.5 Å². The van der Waals surface area contributed by atoms with E-state index in [9.17, 15) is 9.59 Å². The molecule has 0 aliphatic heterocycles. The van der Waals surface area contributed by atoms with E-state index in [0.29, 0.717) is 17.1 Å². The SMILES string of the molecule is CCOC(=O)Nc1cccc(NC(=O)Oc2ccccc2)c1. The summed E-state index contributed by atoms with van der Waals surface area (Å²) in [5.41, 5.74) is 1.01. The Morgan fingerprint density at radius 3 is 2.18 bits per heavy atom. The predicted molar refractivity (Wildman–Crippen MR) is 83.2 cm³/mol. The van der Waals surface area contributed by atoms with Crippen LogP contribution in [0, 0.1) is 0 Å². The first-order chi connectivity index (χ1) is 10.7. The maximum absolute atomic E-state index is 11.8. The molecule has 0 radical (unpaired) electrons. The van der Waals surface area contributed by atoms with Gasteiger partial charge in [-0.2, -0.15) is 0 Å². The molecule has 0 atom stereocenters. The van der Waals surface area contributed by atoms with Crippen molar-refractivity contribution < 1.29 is 19.1 Å². The quantitative estimate of drug-likeness (QED) is 0.898. The van der Waals surface area contributed by atoms with Gasteiger partial charge in [-0.25, -0.2) is 9.59 Å². The fraction of sp³-hybridized carbons (Fsp3) is 0.125. The van der Waals surface area contributed by atoms with Gasteiger partial charge < -0.3 is 9.47 Å². The summed E-state index contributed by atoms with van der Waals surface area (Å²) < 4.78 is 9.90. The Morgan fingerprint density at radius 2 is 1.55 bits per heavy atom. The van der Waals surface area contributed by atoms with E-state index in [4.69, 9.17) is 9.47 Å². The highest BCUT2D eigenvalue weighted by Gasteiger charge is 2.07. The number of rotatable bonds is 4. The van der Waals surface area contributed by atoms with Crippen LogP contribution in [-0.2, 0) is 4.74 Å². The third-order valence-electron chi connectivity index (χ3n) is 2.58. The predicted octanol–water partition coefficient (Wildman–Crippen LogP) is 3.87. The van der Waals surface area contributed by atoms with Crippen molar-refractivity contribution in [3.05, 3.63) is 54.6 Å². The van der Waals surface area contributed by atoms with Crippen LogP contribution in [0.25, 0.3) is 0 Å². The van der Waals surface area contributed by atoms with Gasteiger partial charge in [0.05, 0.1) is 6.61 Å². The van der Waals surface area contributed by atoms with Gasteiger partial charge in [-0.15, -0.1) is 0 Å². The summed E-state index contributed by atoms with van der Waals surface area (Å²) in [4.78, 5) is 23.1. The molecular weight excluding hydrogens is 284 g/mol. The molecule has 114 valence electrons. The van der Waals surface area contributed by atoms with Crippen molar-refractivity contribution in [1.82, 2.24) is 0 Å². The van der Waals surface area contributed by atoms with Crippen molar-refractivity contribution in [2.45, 2.75) is 6.92 Å². The number of amides is 2. The normalized spacial score (nSPS) is 9.68. The molecule has 0 bridgehead atoms. The monoisotopic (exact) mass is 300 g/mol. The molecule has 0 aromatic heterocycles. The third kappa shape index (κ3) is 4.82. The second-order valence-corrected chi connectivity index (χ2v) is 4.25. The molecule has 6 heteroatoms. The molecule has 6 nitrogen and oxygen atoms in total. The lowest BCUT2D eigenvalue weighted by atomic mass is 10.3. The Hall–Kier alpha value is -3.02. The van der Waals surface area contributed by atoms with Crippen LogP contribution in [0.4, 0.5) is 21.0 Å². The zero-order valence-corrected chi connectivity index (χ0v) is 12.0. The summed E-state index contributed by atoms with van der Waals surface area (Å²) in [6.45, 7) is 2.00. The van der Waals surface area contributed by atoms with Crippen molar-refractivity contribution in [3.63, 3.8) is 0 Å². The fourth-order valence-corrected chi connectivity index (χ4v) is 1.70. The molecule has 0 heterocycles. The molecule has 0 fully saturated rings. The number of carbonyl (C=O) groups is 2. The molecule has 0 spiro atoms. The molecule has 2 aromatic rings. The molecule has 22 heavy (non-hydrogen) atoms. The van der Waals surface area contributed by atoms with Gasteiger partial charge in [-0.1, -0.05) is 24.3 Å². The van der Waals surface area contributed by atoms with Gasteiger partial charge in [0.1, 0.15) is 5.75 Å². The number of anilines is 2. The van der Waals surface area contributed by atoms with Gasteiger partial charge in [0, 0.05) is 11.4 Å². The Labute approximate surface area is 128 Å². The van der Waals surface area contributed by atoms with Gasteiger partial charge in [-0.3, -0.25) is 10.6 Å². The maximum atomic E-state index is 11.8. The zero-order valence-electron chi connectivity index (χ0n) is 12.0. The minimum Gasteiger partial charge on any atom is -0.450 e. The van der Waals surface area contributed by atoms with Gasteiger partial charge in [-0.05, 0) is 37.3 Å². The van der Waals surface area contributed by atoms with E-state index in [1.807, 2.05) is 6.07 Å². The van der Waals surface area contributed by atoms with Crippen molar-refractivity contribution in [2.75, 3.05) is 17.2 Å². The summed E-state index contributed by atoms with van der Waals surface area (Å²) >= 11 is 0. The Kier molecular flexibility index (Phi) is 5.37. The van der Waals surface area contributed by atoms with Gasteiger partial charge in [0.2, 0.25) is 0 Å². The first kappa shape index (κ1) is 15.4. The number of benzene rings is 2. The van der Waals surface area contributed by atoms with Crippen LogP contribution in [-0.4, -0.2) is 18.8 Å². The van der Waals surface area contributed by atoms with Crippen LogP contribution < -0.4 is 15.4 Å². The van der Waals surface area contributed by atoms with Crippen molar-refractivity contribution in [2.24, 2.45) is 0 Å². The van der Waals surface area contributed by atoms with E-state index in [2.05, 4.69) is 10.6 Å². The van der Waals surface area contributed by atoms with Gasteiger partial charge in [0.15, 0.2) is 0 Å². The third-order valence-corrected chi connectivity index (χ3v) is 2.58. The van der Waals surface area contributed by atoms with Crippen molar-refractivity contribution in [3.8, 4) is 5.75 Å². The van der Waals surface area contributed by atoms with E-state index in [0.717, 1.165) is 0 Å². The lowest BCUT2D eigenvalue weighted by Gasteiger charge is -2.09. The van der Waals surface area contributed by atoms with Crippen LogP contribution in [0.1, 0.15) is 6.92 Å².